The van der Waals surface area contributed by atoms with Crippen molar-refractivity contribution >= 4 is 0 Å². The van der Waals surface area contributed by atoms with Crippen molar-refractivity contribution in [2.24, 2.45) is 0 Å². The first-order valence-electron chi connectivity index (χ1n) is 7.65. The monoisotopic (exact) mass is 296 g/mol. The summed E-state index contributed by atoms with van der Waals surface area (Å²) in [5.41, 5.74) is 1.16. The number of hydrogen-bond donors (Lipinski definition) is 3. The minimum absolute atomic E-state index is 0.301. The molecule has 0 unspecified atom stereocenters. The molecule has 0 aliphatic carbocycles. The van der Waals surface area contributed by atoms with Gasteiger partial charge >= 0.3 is 0 Å². The van der Waals surface area contributed by atoms with E-state index in [0.717, 1.165) is 36.7 Å². The van der Waals surface area contributed by atoms with Crippen molar-refractivity contribution in [3.8, 4) is 11.5 Å². The fraction of sp³-hybridized carbons (Fsp3) is 0.625. The first-order valence-corrected chi connectivity index (χ1v) is 7.65. The van der Waals surface area contributed by atoms with Crippen LogP contribution in [0.15, 0.2) is 18.2 Å². The largest absolute Gasteiger partial charge is 0.490 e. The summed E-state index contributed by atoms with van der Waals surface area (Å²) >= 11 is 0. The Morgan fingerprint density at radius 1 is 1.05 bits per heavy atom. The smallest absolute Gasteiger partial charge is 0.161 e. The van der Waals surface area contributed by atoms with Crippen molar-refractivity contribution in [1.29, 1.82) is 0 Å². The molecule has 21 heavy (non-hydrogen) atoms. The van der Waals surface area contributed by atoms with Crippen molar-refractivity contribution < 1.29 is 14.6 Å². The van der Waals surface area contributed by atoms with Crippen LogP contribution in [0.2, 0.25) is 0 Å². The Labute approximate surface area is 127 Å². The van der Waals surface area contributed by atoms with Crippen molar-refractivity contribution in [2.75, 3.05) is 32.8 Å². The molecule has 5 nitrogen and oxygen atoms in total. The molecular weight excluding hydrogens is 268 g/mol. The van der Waals surface area contributed by atoms with Gasteiger partial charge in [0.2, 0.25) is 0 Å². The molecule has 0 aromatic heterocycles. The third-order valence-corrected chi connectivity index (χ3v) is 2.86. The van der Waals surface area contributed by atoms with E-state index in [1.54, 1.807) is 6.92 Å². The van der Waals surface area contributed by atoms with Gasteiger partial charge in [-0.1, -0.05) is 6.07 Å². The lowest BCUT2D eigenvalue weighted by Crippen LogP contribution is -2.31. The standard InChI is InChI=1S/C16H28N2O3/c1-4-20-15-7-6-14(10-16(15)21-5-2)12-18-9-8-17-11-13(3)19/h6-7,10,13,17-19H,4-5,8-9,11-12H2,1-3H3/t13-/m1/s1. The average Bonchev–Trinajstić information content (AvgIpc) is 2.45. The van der Waals surface area contributed by atoms with Crippen LogP contribution >= 0.6 is 0 Å². The lowest BCUT2D eigenvalue weighted by Gasteiger charge is -2.13. The SMILES string of the molecule is CCOc1ccc(CNCCNC[C@@H](C)O)cc1OCC. The molecule has 1 aromatic carbocycles. The second-order valence-electron chi connectivity index (χ2n) is 4.88. The van der Waals surface area contributed by atoms with Crippen LogP contribution in [0.1, 0.15) is 26.3 Å². The fourth-order valence-corrected chi connectivity index (χ4v) is 1.93. The number of hydrogen-bond acceptors (Lipinski definition) is 5. The first kappa shape index (κ1) is 17.8. The highest BCUT2D eigenvalue weighted by Crippen LogP contribution is 2.28. The Hall–Kier alpha value is -1.30. The highest BCUT2D eigenvalue weighted by Gasteiger charge is 2.05. The van der Waals surface area contributed by atoms with E-state index in [9.17, 15) is 0 Å². The van der Waals surface area contributed by atoms with Crippen LogP contribution in [0.25, 0.3) is 0 Å². The molecule has 0 amide bonds. The third-order valence-electron chi connectivity index (χ3n) is 2.86. The van der Waals surface area contributed by atoms with E-state index in [1.807, 2.05) is 32.0 Å². The summed E-state index contributed by atoms with van der Waals surface area (Å²) in [6, 6.07) is 6.02. The highest BCUT2D eigenvalue weighted by molar-refractivity contribution is 5.43. The number of nitrogens with one attached hydrogen (secondary N) is 2. The van der Waals surface area contributed by atoms with Crippen LogP contribution in [-0.4, -0.2) is 44.1 Å². The van der Waals surface area contributed by atoms with E-state index in [-0.39, 0.29) is 6.10 Å². The molecule has 1 aromatic rings. The topological polar surface area (TPSA) is 62.8 Å². The summed E-state index contributed by atoms with van der Waals surface area (Å²) in [6.45, 7) is 10.1. The number of benzene rings is 1. The maximum atomic E-state index is 9.13. The van der Waals surface area contributed by atoms with Gasteiger partial charge in [-0.05, 0) is 38.5 Å². The summed E-state index contributed by atoms with van der Waals surface area (Å²) in [6.07, 6.45) is -0.301. The van der Waals surface area contributed by atoms with E-state index in [4.69, 9.17) is 14.6 Å². The van der Waals surface area contributed by atoms with Crippen molar-refractivity contribution in [2.45, 2.75) is 33.4 Å². The van der Waals surface area contributed by atoms with Gasteiger partial charge in [-0.2, -0.15) is 0 Å². The summed E-state index contributed by atoms with van der Waals surface area (Å²) in [5, 5.41) is 15.7. The lowest BCUT2D eigenvalue weighted by atomic mass is 10.2. The Balaban J connectivity index is 2.39. The summed E-state index contributed by atoms with van der Waals surface area (Å²) in [4.78, 5) is 0. The number of ether oxygens (including phenoxy) is 2. The molecule has 0 aliphatic heterocycles. The van der Waals surface area contributed by atoms with Crippen LogP contribution in [0.5, 0.6) is 11.5 Å². The van der Waals surface area contributed by atoms with Crippen LogP contribution < -0.4 is 20.1 Å². The highest BCUT2D eigenvalue weighted by atomic mass is 16.5. The molecule has 3 N–H and O–H groups in total. The lowest BCUT2D eigenvalue weighted by molar-refractivity contribution is 0.191. The Morgan fingerprint density at radius 3 is 2.38 bits per heavy atom. The quantitative estimate of drug-likeness (QED) is 0.541. The zero-order valence-electron chi connectivity index (χ0n) is 13.3. The Morgan fingerprint density at radius 2 is 1.71 bits per heavy atom. The van der Waals surface area contributed by atoms with Gasteiger partial charge in [-0.25, -0.2) is 0 Å². The molecule has 5 heteroatoms. The van der Waals surface area contributed by atoms with Crippen LogP contribution in [0, 0.1) is 0 Å². The molecule has 0 heterocycles. The van der Waals surface area contributed by atoms with Crippen molar-refractivity contribution in [3.05, 3.63) is 23.8 Å². The maximum absolute atomic E-state index is 9.13. The van der Waals surface area contributed by atoms with Gasteiger partial charge in [0.25, 0.3) is 0 Å². The number of rotatable bonds is 11. The summed E-state index contributed by atoms with van der Waals surface area (Å²) in [5.74, 6) is 1.59. The molecule has 0 aliphatic rings. The van der Waals surface area contributed by atoms with Gasteiger partial charge in [-0.3, -0.25) is 0 Å². The van der Waals surface area contributed by atoms with Crippen LogP contribution in [-0.2, 0) is 6.54 Å². The Kier molecular flexibility index (Phi) is 8.82. The molecular formula is C16H28N2O3. The minimum Gasteiger partial charge on any atom is -0.490 e. The summed E-state index contributed by atoms with van der Waals surface area (Å²) < 4.78 is 11.2. The zero-order valence-corrected chi connectivity index (χ0v) is 13.3. The zero-order chi connectivity index (χ0) is 15.5. The normalized spacial score (nSPS) is 12.2. The molecule has 0 bridgehead atoms. The molecule has 0 radical (unpaired) electrons. The molecule has 120 valence electrons. The predicted molar refractivity (Wildman–Crippen MR) is 85.0 cm³/mol. The van der Waals surface area contributed by atoms with E-state index < -0.39 is 0 Å². The maximum Gasteiger partial charge on any atom is 0.161 e. The van der Waals surface area contributed by atoms with Gasteiger partial charge in [0.15, 0.2) is 11.5 Å². The molecule has 0 saturated carbocycles. The Bertz CT molecular complexity index is 397. The van der Waals surface area contributed by atoms with Gasteiger partial charge in [0.1, 0.15) is 0 Å². The van der Waals surface area contributed by atoms with Gasteiger partial charge in [0, 0.05) is 26.2 Å². The van der Waals surface area contributed by atoms with E-state index in [1.165, 1.54) is 0 Å². The second kappa shape index (κ2) is 10.4. The molecule has 0 fully saturated rings. The first-order chi connectivity index (χ1) is 10.2. The minimum atomic E-state index is -0.301. The van der Waals surface area contributed by atoms with E-state index in [2.05, 4.69) is 10.6 Å². The molecule has 1 atom stereocenters. The summed E-state index contributed by atoms with van der Waals surface area (Å²) in [7, 11) is 0. The fourth-order valence-electron chi connectivity index (χ4n) is 1.93. The van der Waals surface area contributed by atoms with Gasteiger partial charge in [-0.15, -0.1) is 0 Å². The molecule has 0 saturated heterocycles. The third kappa shape index (κ3) is 7.32. The number of aliphatic hydroxyl groups is 1. The van der Waals surface area contributed by atoms with E-state index >= 15 is 0 Å². The average molecular weight is 296 g/mol. The van der Waals surface area contributed by atoms with Crippen LogP contribution in [0.4, 0.5) is 0 Å². The van der Waals surface area contributed by atoms with Crippen molar-refractivity contribution in [1.82, 2.24) is 10.6 Å². The molecule has 1 rings (SSSR count). The van der Waals surface area contributed by atoms with E-state index in [0.29, 0.717) is 19.8 Å². The molecule has 0 spiro atoms. The number of aliphatic hydroxyl groups excluding tert-OH is 1. The second-order valence-corrected chi connectivity index (χ2v) is 4.88. The predicted octanol–water partition coefficient (Wildman–Crippen LogP) is 1.54. The van der Waals surface area contributed by atoms with Crippen molar-refractivity contribution in [3.63, 3.8) is 0 Å². The van der Waals surface area contributed by atoms with Crippen LogP contribution in [0.3, 0.4) is 0 Å². The van der Waals surface area contributed by atoms with Gasteiger partial charge in [0.05, 0.1) is 19.3 Å². The van der Waals surface area contributed by atoms with Gasteiger partial charge < -0.3 is 25.2 Å².